The van der Waals surface area contributed by atoms with E-state index in [4.69, 9.17) is 5.11 Å². The first-order valence-electron chi connectivity index (χ1n) is 8.31. The maximum absolute atomic E-state index is 14.4. The first kappa shape index (κ1) is 16.7. The molecule has 0 atom stereocenters. The molecule has 24 heavy (non-hydrogen) atoms. The van der Waals surface area contributed by atoms with Crippen molar-refractivity contribution >= 4 is 11.4 Å². The average Bonchev–Trinajstić information content (AvgIpc) is 2.63. The second-order valence-corrected chi connectivity index (χ2v) is 6.02. The third-order valence-electron chi connectivity index (χ3n) is 4.55. The molecule has 0 radical (unpaired) electrons. The number of piperazine rings is 1. The fourth-order valence-corrected chi connectivity index (χ4v) is 3.14. The van der Waals surface area contributed by atoms with Gasteiger partial charge in [-0.15, -0.1) is 0 Å². The van der Waals surface area contributed by atoms with Crippen LogP contribution < -0.4 is 9.80 Å². The molecular weight excluding hydrogens is 307 g/mol. The number of anilines is 2. The Kier molecular flexibility index (Phi) is 5.33. The van der Waals surface area contributed by atoms with Crippen molar-refractivity contribution in [3.63, 3.8) is 0 Å². The van der Waals surface area contributed by atoms with E-state index in [1.54, 1.807) is 18.2 Å². The summed E-state index contributed by atoms with van der Waals surface area (Å²) in [5.41, 5.74) is 3.19. The van der Waals surface area contributed by atoms with Gasteiger partial charge in [-0.2, -0.15) is 0 Å². The highest BCUT2D eigenvalue weighted by molar-refractivity contribution is 5.54. The van der Waals surface area contributed by atoms with E-state index in [-0.39, 0.29) is 19.0 Å². The molecule has 4 nitrogen and oxygen atoms in total. The summed E-state index contributed by atoms with van der Waals surface area (Å²) in [5, 5.41) is 18.2. The number of rotatable bonds is 5. The van der Waals surface area contributed by atoms with Gasteiger partial charge in [0, 0.05) is 44.0 Å². The van der Waals surface area contributed by atoms with E-state index in [0.717, 1.165) is 37.4 Å². The second kappa shape index (κ2) is 7.64. The predicted octanol–water partition coefficient (Wildman–Crippen LogP) is 2.18. The monoisotopic (exact) mass is 330 g/mol. The zero-order chi connectivity index (χ0) is 16.9. The van der Waals surface area contributed by atoms with Crippen molar-refractivity contribution < 1.29 is 14.6 Å². The summed E-state index contributed by atoms with van der Waals surface area (Å²) < 4.78 is 14.4. The summed E-state index contributed by atoms with van der Waals surface area (Å²) in [6.45, 7) is 3.01. The van der Waals surface area contributed by atoms with Crippen LogP contribution in [0.4, 0.5) is 15.8 Å². The summed E-state index contributed by atoms with van der Waals surface area (Å²) in [6, 6.07) is 13.4. The topological polar surface area (TPSA) is 46.9 Å². The molecule has 0 saturated carbocycles. The van der Waals surface area contributed by atoms with Gasteiger partial charge in [-0.25, -0.2) is 4.39 Å². The quantitative estimate of drug-likeness (QED) is 0.882. The fraction of sp³-hybridized carbons (Fsp3) is 0.368. The Bertz CT molecular complexity index is 668. The zero-order valence-electron chi connectivity index (χ0n) is 13.7. The SMILES string of the molecule is OCCc1ccc(N2CCN(c3cccc(CO)c3F)CC2)cc1. The van der Waals surface area contributed by atoms with Crippen LogP contribution in [0, 0.1) is 5.82 Å². The highest BCUT2D eigenvalue weighted by atomic mass is 19.1. The van der Waals surface area contributed by atoms with E-state index in [1.807, 2.05) is 17.0 Å². The van der Waals surface area contributed by atoms with Crippen LogP contribution in [-0.4, -0.2) is 43.0 Å². The smallest absolute Gasteiger partial charge is 0.151 e. The van der Waals surface area contributed by atoms with Gasteiger partial charge in [0.1, 0.15) is 0 Å². The summed E-state index contributed by atoms with van der Waals surface area (Å²) >= 11 is 0. The average molecular weight is 330 g/mol. The van der Waals surface area contributed by atoms with Gasteiger partial charge in [0.25, 0.3) is 0 Å². The van der Waals surface area contributed by atoms with Gasteiger partial charge in [0.05, 0.1) is 12.3 Å². The Morgan fingerprint density at radius 2 is 1.54 bits per heavy atom. The molecule has 1 heterocycles. The van der Waals surface area contributed by atoms with Crippen LogP contribution in [0.1, 0.15) is 11.1 Å². The summed E-state index contributed by atoms with van der Waals surface area (Å²) in [7, 11) is 0. The minimum atomic E-state index is -0.318. The molecule has 2 aromatic carbocycles. The van der Waals surface area contributed by atoms with Crippen molar-refractivity contribution in [3.8, 4) is 0 Å². The fourth-order valence-electron chi connectivity index (χ4n) is 3.14. The van der Waals surface area contributed by atoms with Crippen molar-refractivity contribution in [1.82, 2.24) is 0 Å². The van der Waals surface area contributed by atoms with E-state index < -0.39 is 0 Å². The van der Waals surface area contributed by atoms with Gasteiger partial charge in [-0.3, -0.25) is 0 Å². The van der Waals surface area contributed by atoms with Gasteiger partial charge >= 0.3 is 0 Å². The summed E-state index contributed by atoms with van der Waals surface area (Å²) in [5.74, 6) is -0.318. The molecule has 1 saturated heterocycles. The molecule has 1 fully saturated rings. The van der Waals surface area contributed by atoms with Crippen LogP contribution in [0.5, 0.6) is 0 Å². The minimum Gasteiger partial charge on any atom is -0.396 e. The van der Waals surface area contributed by atoms with Crippen molar-refractivity contribution in [1.29, 1.82) is 0 Å². The summed E-state index contributed by atoms with van der Waals surface area (Å²) in [6.07, 6.45) is 0.675. The van der Waals surface area contributed by atoms with Crippen molar-refractivity contribution in [2.24, 2.45) is 0 Å². The number of hydrogen-bond donors (Lipinski definition) is 2. The van der Waals surface area contributed by atoms with Gasteiger partial charge in [0.15, 0.2) is 5.82 Å². The third-order valence-corrected chi connectivity index (χ3v) is 4.55. The molecule has 0 unspecified atom stereocenters. The lowest BCUT2D eigenvalue weighted by Crippen LogP contribution is -2.46. The summed E-state index contributed by atoms with van der Waals surface area (Å²) in [4.78, 5) is 4.32. The molecule has 1 aliphatic heterocycles. The highest BCUT2D eigenvalue weighted by Crippen LogP contribution is 2.25. The molecule has 5 heteroatoms. The first-order chi connectivity index (χ1) is 11.7. The highest BCUT2D eigenvalue weighted by Gasteiger charge is 2.20. The number of aliphatic hydroxyl groups excluding tert-OH is 2. The van der Waals surface area contributed by atoms with E-state index in [1.165, 1.54) is 0 Å². The lowest BCUT2D eigenvalue weighted by Gasteiger charge is -2.37. The number of aliphatic hydroxyl groups is 2. The lowest BCUT2D eigenvalue weighted by molar-refractivity contribution is 0.276. The number of benzene rings is 2. The molecule has 2 aromatic rings. The van der Waals surface area contributed by atoms with E-state index in [9.17, 15) is 9.50 Å². The van der Waals surface area contributed by atoms with Crippen LogP contribution in [0.3, 0.4) is 0 Å². The minimum absolute atomic E-state index is 0.163. The Labute approximate surface area is 141 Å². The maximum atomic E-state index is 14.4. The maximum Gasteiger partial charge on any atom is 0.151 e. The van der Waals surface area contributed by atoms with E-state index >= 15 is 0 Å². The van der Waals surface area contributed by atoms with Crippen molar-refractivity contribution in [2.45, 2.75) is 13.0 Å². The predicted molar refractivity (Wildman–Crippen MR) is 94.0 cm³/mol. The molecule has 0 aromatic heterocycles. The van der Waals surface area contributed by atoms with Crippen LogP contribution in [0.15, 0.2) is 42.5 Å². The Morgan fingerprint density at radius 3 is 2.17 bits per heavy atom. The molecule has 0 amide bonds. The first-order valence-corrected chi connectivity index (χ1v) is 8.31. The van der Waals surface area contributed by atoms with E-state index in [0.29, 0.717) is 17.7 Å². The number of nitrogens with zero attached hydrogens (tertiary/aromatic N) is 2. The largest absolute Gasteiger partial charge is 0.396 e. The number of halogens is 1. The molecule has 0 spiro atoms. The van der Waals surface area contributed by atoms with Crippen molar-refractivity contribution in [2.75, 3.05) is 42.6 Å². The molecule has 0 aliphatic carbocycles. The lowest BCUT2D eigenvalue weighted by atomic mass is 10.1. The zero-order valence-corrected chi connectivity index (χ0v) is 13.7. The van der Waals surface area contributed by atoms with Gasteiger partial charge in [0.2, 0.25) is 0 Å². The number of hydrogen-bond acceptors (Lipinski definition) is 4. The standard InChI is InChI=1S/C19H23FN2O2/c20-19-16(14-24)2-1-3-18(19)22-11-9-21(10-12-22)17-6-4-15(5-7-17)8-13-23/h1-7,23-24H,8-14H2. The van der Waals surface area contributed by atoms with Gasteiger partial charge < -0.3 is 20.0 Å². The van der Waals surface area contributed by atoms with E-state index in [2.05, 4.69) is 17.0 Å². The van der Waals surface area contributed by atoms with Crippen LogP contribution in [0.25, 0.3) is 0 Å². The third kappa shape index (κ3) is 3.52. The van der Waals surface area contributed by atoms with Crippen LogP contribution in [0.2, 0.25) is 0 Å². The second-order valence-electron chi connectivity index (χ2n) is 6.02. The molecule has 128 valence electrons. The van der Waals surface area contributed by atoms with Gasteiger partial charge in [-0.05, 0) is 30.2 Å². The molecular formula is C19H23FN2O2. The molecule has 0 bridgehead atoms. The normalized spacial score (nSPS) is 15.0. The molecule has 2 N–H and O–H groups in total. The Balaban J connectivity index is 1.65. The molecule has 1 aliphatic rings. The molecule has 3 rings (SSSR count). The van der Waals surface area contributed by atoms with Gasteiger partial charge in [-0.1, -0.05) is 24.3 Å². The Hall–Kier alpha value is -2.11. The van der Waals surface area contributed by atoms with Crippen LogP contribution >= 0.6 is 0 Å². The van der Waals surface area contributed by atoms with Crippen molar-refractivity contribution in [3.05, 3.63) is 59.4 Å². The Morgan fingerprint density at radius 1 is 0.875 bits per heavy atom. The van der Waals surface area contributed by atoms with Crippen LogP contribution in [-0.2, 0) is 13.0 Å².